The Morgan fingerprint density at radius 3 is 2.75 bits per heavy atom. The number of halogens is 1. The van der Waals surface area contributed by atoms with Gasteiger partial charge in [-0.25, -0.2) is 4.39 Å². The molecule has 0 radical (unpaired) electrons. The van der Waals surface area contributed by atoms with Crippen molar-refractivity contribution in [3.05, 3.63) is 72.7 Å². The Hall–Kier alpha value is -3.86. The number of nitrogens with zero attached hydrogens (tertiary/aromatic N) is 4. The van der Waals surface area contributed by atoms with Crippen molar-refractivity contribution in [3.63, 3.8) is 0 Å². The molecule has 3 heterocycles. The quantitative estimate of drug-likeness (QED) is 0.748. The van der Waals surface area contributed by atoms with Gasteiger partial charge >= 0.3 is 0 Å². The van der Waals surface area contributed by atoms with Crippen LogP contribution >= 0.6 is 0 Å². The zero-order valence-corrected chi connectivity index (χ0v) is 14.7. The van der Waals surface area contributed by atoms with E-state index >= 15 is 0 Å². The Morgan fingerprint density at radius 2 is 2.07 bits per heavy atom. The molecule has 3 aromatic rings. The van der Waals surface area contributed by atoms with Crippen molar-refractivity contribution in [1.82, 2.24) is 4.98 Å². The number of carbonyl (C=O) groups excluding carboxylic acids is 1. The second-order valence-electron chi connectivity index (χ2n) is 6.24. The molecule has 8 heteroatoms. The highest BCUT2D eigenvalue weighted by atomic mass is 19.1. The molecule has 0 bridgehead atoms. The molecule has 1 unspecified atom stereocenters. The minimum absolute atomic E-state index is 0.0747. The molecular weight excluding hydrogens is 361 g/mol. The number of hydrogen-bond acceptors (Lipinski definition) is 6. The van der Waals surface area contributed by atoms with Gasteiger partial charge in [-0.15, -0.1) is 0 Å². The van der Waals surface area contributed by atoms with Crippen LogP contribution in [0.2, 0.25) is 0 Å². The van der Waals surface area contributed by atoms with Crippen LogP contribution in [0.25, 0.3) is 0 Å². The van der Waals surface area contributed by atoms with Gasteiger partial charge in [0.15, 0.2) is 5.82 Å². The number of hydrazine groups is 1. The minimum atomic E-state index is -0.679. The van der Waals surface area contributed by atoms with Crippen molar-refractivity contribution in [3.8, 4) is 6.07 Å². The van der Waals surface area contributed by atoms with E-state index in [9.17, 15) is 14.4 Å². The summed E-state index contributed by atoms with van der Waals surface area (Å²) in [4.78, 5) is 15.9. The van der Waals surface area contributed by atoms with Crippen molar-refractivity contribution in [2.75, 3.05) is 21.9 Å². The summed E-state index contributed by atoms with van der Waals surface area (Å²) in [6, 6.07) is 12.2. The summed E-state index contributed by atoms with van der Waals surface area (Å²) in [5.74, 6) is -1.23. The smallest absolute Gasteiger partial charge is 0.258 e. The number of hydrogen-bond donors (Lipinski definition) is 1. The molecule has 1 aromatic carbocycles. The number of benzene rings is 1. The van der Waals surface area contributed by atoms with Crippen molar-refractivity contribution in [2.45, 2.75) is 12.5 Å². The highest BCUT2D eigenvalue weighted by molar-refractivity contribution is 6.04. The Kier molecular flexibility index (Phi) is 4.64. The fourth-order valence-electron chi connectivity index (χ4n) is 3.19. The van der Waals surface area contributed by atoms with Crippen molar-refractivity contribution in [1.29, 1.82) is 5.26 Å². The van der Waals surface area contributed by atoms with E-state index in [1.54, 1.807) is 36.8 Å². The summed E-state index contributed by atoms with van der Waals surface area (Å²) in [6.45, 7) is 0.692. The maximum Gasteiger partial charge on any atom is 0.258 e. The molecule has 2 aromatic heterocycles. The third-order valence-electron chi connectivity index (χ3n) is 4.53. The first kappa shape index (κ1) is 17.5. The van der Waals surface area contributed by atoms with E-state index in [1.165, 1.54) is 12.3 Å². The molecule has 4 rings (SSSR count). The van der Waals surface area contributed by atoms with E-state index in [0.29, 0.717) is 18.7 Å². The normalized spacial score (nSPS) is 16.1. The number of carbonyl (C=O) groups is 1. The summed E-state index contributed by atoms with van der Waals surface area (Å²) in [5, 5.41) is 16.0. The molecule has 1 fully saturated rings. The number of furan rings is 1. The van der Waals surface area contributed by atoms with E-state index in [1.807, 2.05) is 16.1 Å². The average Bonchev–Trinajstić information content (AvgIpc) is 3.38. The van der Waals surface area contributed by atoms with Crippen LogP contribution in [0.3, 0.4) is 0 Å². The number of pyridine rings is 1. The van der Waals surface area contributed by atoms with E-state index in [2.05, 4.69) is 16.4 Å². The Bertz CT molecular complexity index is 1010. The number of nitrogens with one attached hydrogen (secondary N) is 1. The number of aromatic nitrogens is 1. The molecule has 7 nitrogen and oxygen atoms in total. The molecule has 28 heavy (non-hydrogen) atoms. The summed E-state index contributed by atoms with van der Waals surface area (Å²) in [7, 11) is 0. The summed E-state index contributed by atoms with van der Waals surface area (Å²) in [5.41, 5.74) is 2.11. The van der Waals surface area contributed by atoms with Crippen molar-refractivity contribution < 1.29 is 13.6 Å². The van der Waals surface area contributed by atoms with E-state index in [4.69, 9.17) is 4.42 Å². The molecule has 1 atom stereocenters. The van der Waals surface area contributed by atoms with Crippen LogP contribution in [0.15, 0.2) is 65.7 Å². The van der Waals surface area contributed by atoms with Crippen LogP contribution in [0.5, 0.6) is 0 Å². The molecule has 140 valence electrons. The predicted molar refractivity (Wildman–Crippen MR) is 101 cm³/mol. The second kappa shape index (κ2) is 7.40. The van der Waals surface area contributed by atoms with Crippen LogP contribution in [0.4, 0.5) is 21.5 Å². The first-order valence-corrected chi connectivity index (χ1v) is 8.67. The number of anilines is 3. The largest absolute Gasteiger partial charge is 0.470 e. The van der Waals surface area contributed by atoms with E-state index in [-0.39, 0.29) is 11.6 Å². The number of rotatable bonds is 4. The highest BCUT2D eigenvalue weighted by Crippen LogP contribution is 2.32. The van der Waals surface area contributed by atoms with E-state index < -0.39 is 11.7 Å². The summed E-state index contributed by atoms with van der Waals surface area (Å²) < 4.78 is 18.9. The maximum absolute atomic E-state index is 13.7. The Morgan fingerprint density at radius 1 is 1.25 bits per heavy atom. The van der Waals surface area contributed by atoms with Gasteiger partial charge in [0.2, 0.25) is 0 Å². The fourth-order valence-corrected chi connectivity index (χ4v) is 3.19. The SMILES string of the molecule is N#CC1CCN(c2ccoc2)N1c1ccc(NC(=O)c2ccncc2F)cc1. The zero-order valence-electron chi connectivity index (χ0n) is 14.7. The monoisotopic (exact) mass is 377 g/mol. The van der Waals surface area contributed by atoms with Gasteiger partial charge in [-0.2, -0.15) is 5.26 Å². The first-order chi connectivity index (χ1) is 13.7. The predicted octanol–water partition coefficient (Wildman–Crippen LogP) is 3.59. The fraction of sp³-hybridized carbons (Fsp3) is 0.150. The number of amides is 1. The standard InChI is InChI=1S/C20H16FN5O2/c21-19-12-23-8-5-18(19)20(27)24-14-1-3-15(4-2-14)26-16(11-22)6-9-25(26)17-7-10-28-13-17/h1-5,7-8,10,12-13,16H,6,9H2,(H,24,27). The molecule has 0 aliphatic carbocycles. The lowest BCUT2D eigenvalue weighted by molar-refractivity contribution is 0.102. The van der Waals surface area contributed by atoms with Crippen molar-refractivity contribution >= 4 is 23.0 Å². The van der Waals surface area contributed by atoms with Gasteiger partial charge in [0.05, 0.1) is 35.5 Å². The summed E-state index contributed by atoms with van der Waals surface area (Å²) >= 11 is 0. The molecule has 1 N–H and O–H groups in total. The topological polar surface area (TPSA) is 85.4 Å². The molecular formula is C20H16FN5O2. The van der Waals surface area contributed by atoms with Crippen LogP contribution in [-0.4, -0.2) is 23.5 Å². The van der Waals surface area contributed by atoms with Crippen molar-refractivity contribution in [2.24, 2.45) is 0 Å². The van der Waals surface area contributed by atoms with Gasteiger partial charge < -0.3 is 9.73 Å². The van der Waals surface area contributed by atoms with Crippen LogP contribution in [0, 0.1) is 17.1 Å². The lowest BCUT2D eigenvalue weighted by atomic mass is 10.2. The lowest BCUT2D eigenvalue weighted by Crippen LogP contribution is -2.40. The van der Waals surface area contributed by atoms with Gasteiger partial charge in [0.1, 0.15) is 12.3 Å². The van der Waals surface area contributed by atoms with Crippen LogP contribution in [0.1, 0.15) is 16.8 Å². The van der Waals surface area contributed by atoms with Crippen LogP contribution in [-0.2, 0) is 0 Å². The highest BCUT2D eigenvalue weighted by Gasteiger charge is 2.32. The molecule has 1 amide bonds. The van der Waals surface area contributed by atoms with Gasteiger partial charge in [-0.1, -0.05) is 0 Å². The van der Waals surface area contributed by atoms with Gasteiger partial charge in [0, 0.05) is 30.9 Å². The van der Waals surface area contributed by atoms with Gasteiger partial charge in [-0.05, 0) is 30.3 Å². The maximum atomic E-state index is 13.7. The number of nitriles is 1. The third kappa shape index (κ3) is 3.25. The Balaban J connectivity index is 1.54. The van der Waals surface area contributed by atoms with E-state index in [0.717, 1.165) is 17.6 Å². The summed E-state index contributed by atoms with van der Waals surface area (Å²) in [6.07, 6.45) is 6.27. The molecule has 1 aliphatic rings. The molecule has 0 saturated carbocycles. The Labute approximate surface area is 160 Å². The molecule has 1 saturated heterocycles. The average molecular weight is 377 g/mol. The first-order valence-electron chi connectivity index (χ1n) is 8.67. The molecule has 1 aliphatic heterocycles. The lowest BCUT2D eigenvalue weighted by Gasteiger charge is -2.32. The third-order valence-corrected chi connectivity index (χ3v) is 4.53. The van der Waals surface area contributed by atoms with Gasteiger partial charge in [0.25, 0.3) is 5.91 Å². The second-order valence-corrected chi connectivity index (χ2v) is 6.24. The molecule has 0 spiro atoms. The van der Waals surface area contributed by atoms with Gasteiger partial charge in [-0.3, -0.25) is 19.8 Å². The van der Waals surface area contributed by atoms with Crippen LogP contribution < -0.4 is 15.3 Å². The zero-order chi connectivity index (χ0) is 19.5. The minimum Gasteiger partial charge on any atom is -0.470 e.